The minimum absolute atomic E-state index is 0.101. The third-order valence-electron chi connectivity index (χ3n) is 2.97. The number of hydrogen-bond donors (Lipinski definition) is 1. The normalized spacial score (nSPS) is 19.1. The van der Waals surface area contributed by atoms with Crippen molar-refractivity contribution in [2.24, 2.45) is 5.73 Å². The number of ether oxygens (including phenoxy) is 1. The van der Waals surface area contributed by atoms with Crippen LogP contribution >= 0.6 is 0 Å². The third kappa shape index (κ3) is 5.14. The molecule has 4 nitrogen and oxygen atoms in total. The van der Waals surface area contributed by atoms with E-state index in [4.69, 9.17) is 5.73 Å². The standard InChI is InChI=1S/C11H22N2O2/c1-15-11(14)4-2-3-7-13-8-5-10(12)6-9-13/h10H,2-9,12H2,1H3. The van der Waals surface area contributed by atoms with Crippen LogP contribution in [0.3, 0.4) is 0 Å². The highest BCUT2D eigenvalue weighted by atomic mass is 16.5. The summed E-state index contributed by atoms with van der Waals surface area (Å²) in [5, 5.41) is 0. The van der Waals surface area contributed by atoms with Crippen LogP contribution in [0.1, 0.15) is 32.1 Å². The van der Waals surface area contributed by atoms with Crippen molar-refractivity contribution in [3.05, 3.63) is 0 Å². The molecule has 0 aromatic rings. The molecule has 0 atom stereocenters. The van der Waals surface area contributed by atoms with Crippen LogP contribution in [-0.4, -0.2) is 43.7 Å². The Bertz CT molecular complexity index is 189. The lowest BCUT2D eigenvalue weighted by atomic mass is 10.1. The molecule has 0 amide bonds. The van der Waals surface area contributed by atoms with Gasteiger partial charge < -0.3 is 15.4 Å². The van der Waals surface area contributed by atoms with Crippen LogP contribution in [0.5, 0.6) is 0 Å². The van der Waals surface area contributed by atoms with Crippen molar-refractivity contribution in [3.63, 3.8) is 0 Å². The second-order valence-electron chi connectivity index (χ2n) is 4.21. The molecule has 1 heterocycles. The Kier molecular flexibility index (Phi) is 5.65. The second-order valence-corrected chi connectivity index (χ2v) is 4.21. The average molecular weight is 214 g/mol. The van der Waals surface area contributed by atoms with E-state index in [1.54, 1.807) is 0 Å². The number of carbonyl (C=O) groups is 1. The molecule has 0 aromatic heterocycles. The van der Waals surface area contributed by atoms with E-state index in [2.05, 4.69) is 9.64 Å². The number of hydrogen-bond acceptors (Lipinski definition) is 4. The van der Waals surface area contributed by atoms with Crippen LogP contribution < -0.4 is 5.73 Å². The Hall–Kier alpha value is -0.610. The van der Waals surface area contributed by atoms with Gasteiger partial charge in [0.1, 0.15) is 0 Å². The first-order valence-corrected chi connectivity index (χ1v) is 5.77. The summed E-state index contributed by atoms with van der Waals surface area (Å²) >= 11 is 0. The fraction of sp³-hybridized carbons (Fsp3) is 0.909. The van der Waals surface area contributed by atoms with Crippen molar-refractivity contribution in [1.82, 2.24) is 4.90 Å². The van der Waals surface area contributed by atoms with Gasteiger partial charge in [-0.1, -0.05) is 0 Å². The Morgan fingerprint density at radius 3 is 2.67 bits per heavy atom. The van der Waals surface area contributed by atoms with Crippen molar-refractivity contribution in [3.8, 4) is 0 Å². The van der Waals surface area contributed by atoms with Gasteiger partial charge in [0.25, 0.3) is 0 Å². The number of rotatable bonds is 5. The van der Waals surface area contributed by atoms with Gasteiger partial charge in [-0.25, -0.2) is 0 Å². The van der Waals surface area contributed by atoms with Gasteiger partial charge in [0.05, 0.1) is 7.11 Å². The number of nitrogens with two attached hydrogens (primary N) is 1. The van der Waals surface area contributed by atoms with Crippen LogP contribution in [0, 0.1) is 0 Å². The Morgan fingerprint density at radius 2 is 2.07 bits per heavy atom. The van der Waals surface area contributed by atoms with Gasteiger partial charge in [-0.05, 0) is 45.3 Å². The number of likely N-dealkylation sites (tertiary alicyclic amines) is 1. The summed E-state index contributed by atoms with van der Waals surface area (Å²) in [5.41, 5.74) is 5.82. The van der Waals surface area contributed by atoms with E-state index in [0.29, 0.717) is 12.5 Å². The van der Waals surface area contributed by atoms with Gasteiger partial charge in [-0.15, -0.1) is 0 Å². The second kappa shape index (κ2) is 6.80. The van der Waals surface area contributed by atoms with E-state index in [9.17, 15) is 4.79 Å². The molecule has 4 heteroatoms. The Morgan fingerprint density at radius 1 is 1.40 bits per heavy atom. The monoisotopic (exact) mass is 214 g/mol. The lowest BCUT2D eigenvalue weighted by Crippen LogP contribution is -2.40. The number of methoxy groups -OCH3 is 1. The smallest absolute Gasteiger partial charge is 0.305 e. The van der Waals surface area contributed by atoms with Gasteiger partial charge in [0, 0.05) is 12.5 Å². The highest BCUT2D eigenvalue weighted by molar-refractivity contribution is 5.68. The van der Waals surface area contributed by atoms with Crippen molar-refractivity contribution < 1.29 is 9.53 Å². The first kappa shape index (κ1) is 12.5. The van der Waals surface area contributed by atoms with Crippen molar-refractivity contribution >= 4 is 5.97 Å². The molecule has 0 unspecified atom stereocenters. The van der Waals surface area contributed by atoms with Crippen molar-refractivity contribution in [2.75, 3.05) is 26.7 Å². The van der Waals surface area contributed by atoms with Crippen LogP contribution in [0.25, 0.3) is 0 Å². The molecule has 2 N–H and O–H groups in total. The molecule has 1 aliphatic rings. The number of esters is 1. The predicted molar refractivity (Wildman–Crippen MR) is 59.5 cm³/mol. The minimum atomic E-state index is -0.101. The van der Waals surface area contributed by atoms with E-state index >= 15 is 0 Å². The first-order chi connectivity index (χ1) is 7.22. The predicted octanol–water partition coefficient (Wildman–Crippen LogP) is 0.753. The summed E-state index contributed by atoms with van der Waals surface area (Å²) in [6.07, 6.45) is 4.76. The molecule has 0 aliphatic carbocycles. The van der Waals surface area contributed by atoms with E-state index in [1.165, 1.54) is 7.11 Å². The van der Waals surface area contributed by atoms with Gasteiger partial charge in [-0.3, -0.25) is 4.79 Å². The minimum Gasteiger partial charge on any atom is -0.469 e. The van der Waals surface area contributed by atoms with E-state index in [1.807, 2.05) is 0 Å². The van der Waals surface area contributed by atoms with Gasteiger partial charge in [0.15, 0.2) is 0 Å². The summed E-state index contributed by atoms with van der Waals surface area (Å²) in [7, 11) is 1.44. The quantitative estimate of drug-likeness (QED) is 0.542. The van der Waals surface area contributed by atoms with Crippen LogP contribution in [0.15, 0.2) is 0 Å². The highest BCUT2D eigenvalue weighted by Gasteiger charge is 2.15. The van der Waals surface area contributed by atoms with Crippen LogP contribution in [0.4, 0.5) is 0 Å². The third-order valence-corrected chi connectivity index (χ3v) is 2.97. The molecule has 88 valence electrons. The highest BCUT2D eigenvalue weighted by Crippen LogP contribution is 2.09. The van der Waals surface area contributed by atoms with Crippen molar-refractivity contribution in [1.29, 1.82) is 0 Å². The lowest BCUT2D eigenvalue weighted by Gasteiger charge is -2.29. The lowest BCUT2D eigenvalue weighted by molar-refractivity contribution is -0.140. The number of piperidine rings is 1. The zero-order valence-electron chi connectivity index (χ0n) is 9.58. The first-order valence-electron chi connectivity index (χ1n) is 5.77. The fourth-order valence-electron chi connectivity index (χ4n) is 1.88. The van der Waals surface area contributed by atoms with Gasteiger partial charge >= 0.3 is 5.97 Å². The van der Waals surface area contributed by atoms with Gasteiger partial charge in [0.2, 0.25) is 0 Å². The topological polar surface area (TPSA) is 55.6 Å². The molecule has 0 aromatic carbocycles. The zero-order chi connectivity index (χ0) is 11.1. The Labute approximate surface area is 91.8 Å². The summed E-state index contributed by atoms with van der Waals surface area (Å²) in [6.45, 7) is 3.31. The molecule has 1 fully saturated rings. The van der Waals surface area contributed by atoms with E-state index in [-0.39, 0.29) is 5.97 Å². The summed E-state index contributed by atoms with van der Waals surface area (Å²) in [4.78, 5) is 13.3. The van der Waals surface area contributed by atoms with Gasteiger partial charge in [-0.2, -0.15) is 0 Å². The molecular weight excluding hydrogens is 192 g/mol. The summed E-state index contributed by atoms with van der Waals surface area (Å²) < 4.78 is 4.59. The number of carbonyl (C=O) groups excluding carboxylic acids is 1. The maximum absolute atomic E-state index is 10.9. The molecule has 0 spiro atoms. The molecule has 1 aliphatic heterocycles. The average Bonchev–Trinajstić information content (AvgIpc) is 2.26. The van der Waals surface area contributed by atoms with Crippen LogP contribution in [0.2, 0.25) is 0 Å². The molecule has 1 rings (SSSR count). The molecule has 0 saturated carbocycles. The fourth-order valence-corrected chi connectivity index (χ4v) is 1.88. The zero-order valence-corrected chi connectivity index (χ0v) is 9.58. The van der Waals surface area contributed by atoms with Crippen LogP contribution in [-0.2, 0) is 9.53 Å². The molecule has 1 saturated heterocycles. The van der Waals surface area contributed by atoms with Crippen molar-refractivity contribution in [2.45, 2.75) is 38.1 Å². The summed E-state index contributed by atoms with van der Waals surface area (Å²) in [5.74, 6) is -0.101. The number of unbranched alkanes of at least 4 members (excludes halogenated alkanes) is 1. The molecule has 15 heavy (non-hydrogen) atoms. The van der Waals surface area contributed by atoms with E-state index < -0.39 is 0 Å². The summed E-state index contributed by atoms with van der Waals surface area (Å²) in [6, 6.07) is 0.399. The number of nitrogens with zero attached hydrogens (tertiary/aromatic N) is 1. The maximum Gasteiger partial charge on any atom is 0.305 e. The largest absolute Gasteiger partial charge is 0.469 e. The van der Waals surface area contributed by atoms with E-state index in [0.717, 1.165) is 45.3 Å². The SMILES string of the molecule is COC(=O)CCCCN1CCC(N)CC1. The Balaban J connectivity index is 1.98. The molecule has 0 bridgehead atoms. The maximum atomic E-state index is 10.9. The molecule has 0 radical (unpaired) electrons. The molecular formula is C11H22N2O2.